The van der Waals surface area contributed by atoms with Crippen LogP contribution in [0, 0.1) is 13.8 Å². The minimum Gasteiger partial charge on any atom is -0.462 e. The normalized spacial score (nSPS) is 14.9. The molecule has 35 heavy (non-hydrogen) atoms. The minimum atomic E-state index is -0.544. The molecule has 1 aliphatic heterocycles. The fraction of sp³-hybridized carbons (Fsp3) is 0.154. The lowest BCUT2D eigenvalue weighted by Crippen LogP contribution is -2.54. The number of carbonyl (C=O) groups is 3. The molecule has 3 aromatic rings. The van der Waals surface area contributed by atoms with Gasteiger partial charge >= 0.3 is 5.97 Å². The number of esters is 1. The number of hydrogen-bond donors (Lipinski definition) is 1. The lowest BCUT2D eigenvalue weighted by Gasteiger charge is -2.29. The zero-order chi connectivity index (χ0) is 25.3. The molecule has 0 atom stereocenters. The Morgan fingerprint density at radius 3 is 2.31 bits per heavy atom. The molecule has 1 aliphatic rings. The molecule has 0 spiro atoms. The van der Waals surface area contributed by atoms with Gasteiger partial charge in [-0.3, -0.25) is 19.8 Å². The van der Waals surface area contributed by atoms with Gasteiger partial charge in [-0.05, 0) is 99.2 Å². The number of aromatic nitrogens is 1. The first kappa shape index (κ1) is 24.6. The predicted molar refractivity (Wildman–Crippen MR) is 142 cm³/mol. The number of halogens is 1. The molecule has 0 radical (unpaired) electrons. The van der Waals surface area contributed by atoms with Crippen molar-refractivity contribution >= 4 is 62.8 Å². The number of rotatable bonds is 5. The van der Waals surface area contributed by atoms with E-state index in [-0.39, 0.29) is 16.7 Å². The van der Waals surface area contributed by atoms with Gasteiger partial charge in [-0.25, -0.2) is 4.79 Å². The van der Waals surface area contributed by atoms with Gasteiger partial charge in [-0.2, -0.15) is 0 Å². The van der Waals surface area contributed by atoms with Gasteiger partial charge in [0.2, 0.25) is 0 Å². The summed E-state index contributed by atoms with van der Waals surface area (Å²) < 4.78 is 7.90. The number of anilines is 1. The molecule has 7 nitrogen and oxygen atoms in total. The summed E-state index contributed by atoms with van der Waals surface area (Å²) >= 11 is 8.65. The molecule has 1 aromatic heterocycles. The summed E-state index contributed by atoms with van der Waals surface area (Å²) in [6, 6.07) is 16.1. The number of ether oxygens (including phenoxy) is 1. The van der Waals surface area contributed by atoms with Crippen LogP contribution in [0.3, 0.4) is 0 Å². The Hall–Kier alpha value is -3.56. The molecule has 178 valence electrons. The molecule has 0 saturated carbocycles. The van der Waals surface area contributed by atoms with E-state index >= 15 is 0 Å². The number of hydrogen-bond acceptors (Lipinski definition) is 5. The summed E-state index contributed by atoms with van der Waals surface area (Å²) in [7, 11) is 0. The average Bonchev–Trinajstić information content (AvgIpc) is 3.10. The molecule has 0 aliphatic carbocycles. The molecule has 2 aromatic carbocycles. The first-order valence-corrected chi connectivity index (χ1v) is 12.0. The van der Waals surface area contributed by atoms with Crippen molar-refractivity contribution in [3.63, 3.8) is 0 Å². The second-order valence-corrected chi connectivity index (χ2v) is 9.17. The van der Waals surface area contributed by atoms with Gasteiger partial charge in [0.25, 0.3) is 11.8 Å². The Bertz CT molecular complexity index is 1370. The number of benzene rings is 2. The molecule has 2 heterocycles. The number of nitrogens with zero attached hydrogens (tertiary/aromatic N) is 2. The number of amides is 2. The summed E-state index contributed by atoms with van der Waals surface area (Å²) in [4.78, 5) is 39.3. The van der Waals surface area contributed by atoms with Crippen molar-refractivity contribution in [3.05, 3.63) is 87.2 Å². The van der Waals surface area contributed by atoms with Crippen molar-refractivity contribution in [3.8, 4) is 5.69 Å². The second kappa shape index (κ2) is 9.97. The Balaban J connectivity index is 1.69. The van der Waals surface area contributed by atoms with Crippen LogP contribution in [0.15, 0.2) is 64.6 Å². The first-order chi connectivity index (χ1) is 16.7. The molecule has 4 rings (SSSR count). The molecule has 0 unspecified atom stereocenters. The number of nitrogens with one attached hydrogen (secondary N) is 1. The molecule has 1 N–H and O–H groups in total. The van der Waals surface area contributed by atoms with Gasteiger partial charge in [0.15, 0.2) is 5.11 Å². The number of carbonyl (C=O) groups excluding carboxylic acids is 3. The molecule has 0 bridgehead atoms. The highest BCUT2D eigenvalue weighted by Gasteiger charge is 2.34. The first-order valence-electron chi connectivity index (χ1n) is 10.8. The monoisotopic (exact) mass is 551 g/mol. The highest BCUT2D eigenvalue weighted by Crippen LogP contribution is 2.27. The van der Waals surface area contributed by atoms with Crippen LogP contribution < -0.4 is 10.2 Å². The Morgan fingerprint density at radius 2 is 1.69 bits per heavy atom. The summed E-state index contributed by atoms with van der Waals surface area (Å²) in [5.41, 5.74) is 4.31. The van der Waals surface area contributed by atoms with E-state index in [2.05, 4.69) is 21.2 Å². The average molecular weight is 552 g/mol. The lowest BCUT2D eigenvalue weighted by atomic mass is 10.1. The minimum absolute atomic E-state index is 0.0144. The van der Waals surface area contributed by atoms with E-state index < -0.39 is 11.8 Å². The van der Waals surface area contributed by atoms with Crippen LogP contribution in [0.2, 0.25) is 0 Å². The highest BCUT2D eigenvalue weighted by atomic mass is 79.9. The second-order valence-electron chi connectivity index (χ2n) is 7.86. The van der Waals surface area contributed by atoms with E-state index in [0.29, 0.717) is 17.9 Å². The van der Waals surface area contributed by atoms with Crippen molar-refractivity contribution in [2.45, 2.75) is 20.8 Å². The third kappa shape index (κ3) is 4.82. The molecule has 1 fully saturated rings. The van der Waals surface area contributed by atoms with Crippen molar-refractivity contribution in [1.82, 2.24) is 9.88 Å². The van der Waals surface area contributed by atoms with Gasteiger partial charge < -0.3 is 9.30 Å². The largest absolute Gasteiger partial charge is 0.462 e. The van der Waals surface area contributed by atoms with Gasteiger partial charge in [0, 0.05) is 21.5 Å². The SMILES string of the molecule is CCOC(=O)c1ccc(-n2c(C)cc(/C=C3/C(=O)NC(=S)N(c4ccc(Br)cc4)C3=O)c2C)cc1. The van der Waals surface area contributed by atoms with Gasteiger partial charge in [0.05, 0.1) is 17.9 Å². The number of aryl methyl sites for hydroxylation is 1. The van der Waals surface area contributed by atoms with E-state index in [4.69, 9.17) is 17.0 Å². The van der Waals surface area contributed by atoms with Crippen molar-refractivity contribution in [1.29, 1.82) is 0 Å². The van der Waals surface area contributed by atoms with Crippen molar-refractivity contribution < 1.29 is 19.1 Å². The van der Waals surface area contributed by atoms with Crippen LogP contribution in [0.4, 0.5) is 5.69 Å². The zero-order valence-electron chi connectivity index (χ0n) is 19.3. The number of thiocarbonyl (C=S) groups is 1. The zero-order valence-corrected chi connectivity index (χ0v) is 21.7. The van der Waals surface area contributed by atoms with Crippen LogP contribution in [0.1, 0.15) is 34.2 Å². The maximum atomic E-state index is 13.3. The van der Waals surface area contributed by atoms with Crippen LogP contribution in [0.25, 0.3) is 11.8 Å². The lowest BCUT2D eigenvalue weighted by molar-refractivity contribution is -0.122. The van der Waals surface area contributed by atoms with Gasteiger partial charge in [-0.1, -0.05) is 15.9 Å². The Morgan fingerprint density at radius 1 is 1.06 bits per heavy atom. The quantitative estimate of drug-likeness (QED) is 0.212. The third-order valence-electron chi connectivity index (χ3n) is 5.59. The molecule has 2 amide bonds. The molecular formula is C26H22BrN3O4S. The van der Waals surface area contributed by atoms with Crippen LogP contribution in [0.5, 0.6) is 0 Å². The molecular weight excluding hydrogens is 530 g/mol. The maximum Gasteiger partial charge on any atom is 0.338 e. The Kier molecular flexibility index (Phi) is 7.00. The highest BCUT2D eigenvalue weighted by molar-refractivity contribution is 9.10. The standard InChI is InChI=1S/C26H22BrN3O4S/c1-4-34-25(33)17-5-9-20(10-6-17)29-15(2)13-18(16(29)3)14-22-23(31)28-26(35)30(24(22)32)21-11-7-19(27)8-12-21/h5-14H,4H2,1-3H3,(H,28,31,35)/b22-14-. The van der Waals surface area contributed by atoms with E-state index in [1.807, 2.05) is 36.6 Å². The smallest absolute Gasteiger partial charge is 0.338 e. The van der Waals surface area contributed by atoms with E-state index in [1.54, 1.807) is 49.4 Å². The summed E-state index contributed by atoms with van der Waals surface area (Å²) in [5.74, 6) is -1.41. The molecule has 9 heteroatoms. The summed E-state index contributed by atoms with van der Waals surface area (Å²) in [6.45, 7) is 5.91. The van der Waals surface area contributed by atoms with Crippen LogP contribution >= 0.6 is 28.1 Å². The van der Waals surface area contributed by atoms with Crippen LogP contribution in [-0.4, -0.2) is 34.1 Å². The van der Waals surface area contributed by atoms with E-state index in [1.165, 1.54) is 4.90 Å². The maximum absolute atomic E-state index is 13.3. The van der Waals surface area contributed by atoms with E-state index in [0.717, 1.165) is 27.1 Å². The van der Waals surface area contributed by atoms with Crippen LogP contribution in [-0.2, 0) is 14.3 Å². The molecule has 1 saturated heterocycles. The fourth-order valence-electron chi connectivity index (χ4n) is 3.93. The topological polar surface area (TPSA) is 80.6 Å². The summed E-state index contributed by atoms with van der Waals surface area (Å²) in [5, 5.41) is 2.64. The van der Waals surface area contributed by atoms with Crippen molar-refractivity contribution in [2.75, 3.05) is 11.5 Å². The Labute approximate surface area is 216 Å². The third-order valence-corrected chi connectivity index (χ3v) is 6.41. The van der Waals surface area contributed by atoms with E-state index in [9.17, 15) is 14.4 Å². The van der Waals surface area contributed by atoms with Gasteiger partial charge in [0.1, 0.15) is 5.57 Å². The van der Waals surface area contributed by atoms with Crippen molar-refractivity contribution in [2.24, 2.45) is 0 Å². The summed E-state index contributed by atoms with van der Waals surface area (Å²) in [6.07, 6.45) is 1.58. The predicted octanol–water partition coefficient (Wildman–Crippen LogP) is 4.86. The fourth-order valence-corrected chi connectivity index (χ4v) is 4.48. The van der Waals surface area contributed by atoms with Gasteiger partial charge in [-0.15, -0.1) is 0 Å².